The predicted octanol–water partition coefficient (Wildman–Crippen LogP) is 2.46. The van der Waals surface area contributed by atoms with Crippen LogP contribution in [-0.2, 0) is 17.6 Å². The van der Waals surface area contributed by atoms with Crippen LogP contribution in [0.2, 0.25) is 0 Å². The van der Waals surface area contributed by atoms with E-state index in [1.807, 2.05) is 11.3 Å². The Hall–Kier alpha value is -0.490. The Labute approximate surface area is 130 Å². The van der Waals surface area contributed by atoms with Gasteiger partial charge in [0.25, 0.3) is 0 Å². The summed E-state index contributed by atoms with van der Waals surface area (Å²) in [6, 6.07) is 0.365. The number of fused-ring (bicyclic) bond motifs is 1. The van der Waals surface area contributed by atoms with Gasteiger partial charge < -0.3 is 15.2 Å². The van der Waals surface area contributed by atoms with E-state index in [0.717, 1.165) is 31.8 Å². The molecule has 0 aliphatic heterocycles. The number of nitrogens with one attached hydrogen (secondary N) is 1. The molecule has 2 aliphatic rings. The molecule has 21 heavy (non-hydrogen) atoms. The second kappa shape index (κ2) is 7.18. The number of hydrogen-bond acceptors (Lipinski definition) is 5. The molecule has 1 heterocycles. The Morgan fingerprint density at radius 3 is 3.05 bits per heavy atom. The minimum Gasteiger partial charge on any atom is -0.389 e. The fourth-order valence-electron chi connectivity index (χ4n) is 2.81. The third-order valence-corrected chi connectivity index (χ3v) is 5.61. The average Bonchev–Trinajstić information content (AvgIpc) is 3.21. The zero-order chi connectivity index (χ0) is 14.7. The summed E-state index contributed by atoms with van der Waals surface area (Å²) >= 11 is 1.84. The average molecular weight is 310 g/mol. The Morgan fingerprint density at radius 2 is 2.29 bits per heavy atom. The van der Waals surface area contributed by atoms with Crippen LogP contribution >= 0.6 is 11.3 Å². The van der Waals surface area contributed by atoms with Crippen molar-refractivity contribution in [3.8, 4) is 0 Å². The monoisotopic (exact) mass is 310 g/mol. The van der Waals surface area contributed by atoms with E-state index in [4.69, 9.17) is 9.72 Å². The third kappa shape index (κ3) is 4.25. The smallest absolute Gasteiger partial charge is 0.0928 e. The Morgan fingerprint density at radius 1 is 1.43 bits per heavy atom. The summed E-state index contributed by atoms with van der Waals surface area (Å²) in [5, 5.41) is 14.8. The van der Waals surface area contributed by atoms with Crippen molar-refractivity contribution in [3.05, 3.63) is 15.6 Å². The molecule has 0 radical (unpaired) electrons. The summed E-state index contributed by atoms with van der Waals surface area (Å²) in [4.78, 5) is 6.11. The van der Waals surface area contributed by atoms with Gasteiger partial charge in [-0.3, -0.25) is 0 Å². The molecule has 2 N–H and O–H groups in total. The molecule has 118 valence electrons. The molecule has 3 rings (SSSR count). The second-order valence-electron chi connectivity index (χ2n) is 6.26. The van der Waals surface area contributed by atoms with Gasteiger partial charge in [0, 0.05) is 24.1 Å². The summed E-state index contributed by atoms with van der Waals surface area (Å²) in [5.41, 5.74) is 1.28. The molecule has 1 saturated carbocycles. The lowest BCUT2D eigenvalue weighted by atomic mass is 9.98. The molecule has 0 amide bonds. The van der Waals surface area contributed by atoms with E-state index in [2.05, 4.69) is 12.2 Å². The summed E-state index contributed by atoms with van der Waals surface area (Å²) in [6.07, 6.45) is 6.64. The van der Waals surface area contributed by atoms with E-state index < -0.39 is 6.10 Å². The van der Waals surface area contributed by atoms with Crippen LogP contribution in [0.25, 0.3) is 0 Å². The molecule has 0 bridgehead atoms. The molecule has 2 unspecified atom stereocenters. The van der Waals surface area contributed by atoms with Gasteiger partial charge in [-0.1, -0.05) is 6.92 Å². The topological polar surface area (TPSA) is 54.4 Å². The van der Waals surface area contributed by atoms with E-state index in [-0.39, 0.29) is 0 Å². The molecule has 2 atom stereocenters. The Bertz CT molecular complexity index is 459. The zero-order valence-electron chi connectivity index (χ0n) is 12.8. The van der Waals surface area contributed by atoms with E-state index in [0.29, 0.717) is 19.2 Å². The quantitative estimate of drug-likeness (QED) is 0.774. The number of aliphatic hydroxyl groups excluding tert-OH is 1. The van der Waals surface area contributed by atoms with Gasteiger partial charge in [-0.15, -0.1) is 11.3 Å². The summed E-state index contributed by atoms with van der Waals surface area (Å²) < 4.78 is 5.55. The number of aromatic nitrogens is 1. The first kappa shape index (κ1) is 15.4. The number of hydrogen-bond donors (Lipinski definition) is 2. The van der Waals surface area contributed by atoms with E-state index in [9.17, 15) is 5.11 Å². The van der Waals surface area contributed by atoms with Gasteiger partial charge in [0.1, 0.15) is 0 Å². The molecule has 0 spiro atoms. The maximum atomic E-state index is 10.0. The lowest BCUT2D eigenvalue weighted by Gasteiger charge is -2.24. The van der Waals surface area contributed by atoms with Crippen LogP contribution in [0.5, 0.6) is 0 Å². The molecular weight excluding hydrogens is 284 g/mol. The molecular formula is C16H26N2O2S. The number of thiazole rings is 1. The normalized spacial score (nSPS) is 23.0. The van der Waals surface area contributed by atoms with E-state index in [1.54, 1.807) is 0 Å². The Balaban J connectivity index is 1.45. The number of rotatable bonds is 8. The standard InChI is InChI=1S/C16H26N2O2S/c1-2-15-18-14-5-3-4-13(16(14)21-15)17-8-12(19)10-20-9-11-6-7-11/h11-13,17,19H,2-10H2,1H3. The zero-order valence-corrected chi connectivity index (χ0v) is 13.6. The van der Waals surface area contributed by atoms with Crippen molar-refractivity contribution in [1.82, 2.24) is 10.3 Å². The van der Waals surface area contributed by atoms with Crippen LogP contribution in [0.4, 0.5) is 0 Å². The van der Waals surface area contributed by atoms with Crippen molar-refractivity contribution in [3.63, 3.8) is 0 Å². The fourth-order valence-corrected chi connectivity index (χ4v) is 3.97. The maximum absolute atomic E-state index is 10.0. The van der Waals surface area contributed by atoms with Crippen molar-refractivity contribution >= 4 is 11.3 Å². The second-order valence-corrected chi connectivity index (χ2v) is 7.38. The highest BCUT2D eigenvalue weighted by Gasteiger charge is 2.25. The molecule has 4 nitrogen and oxygen atoms in total. The highest BCUT2D eigenvalue weighted by atomic mass is 32.1. The van der Waals surface area contributed by atoms with Crippen LogP contribution in [0.1, 0.15) is 54.2 Å². The van der Waals surface area contributed by atoms with Gasteiger partial charge in [-0.05, 0) is 44.4 Å². The molecule has 0 aromatic carbocycles. The van der Waals surface area contributed by atoms with Gasteiger partial charge in [0.05, 0.1) is 23.4 Å². The van der Waals surface area contributed by atoms with Crippen LogP contribution in [0.3, 0.4) is 0 Å². The molecule has 0 saturated heterocycles. The van der Waals surface area contributed by atoms with Gasteiger partial charge in [0.15, 0.2) is 0 Å². The summed E-state index contributed by atoms with van der Waals surface area (Å²) in [7, 11) is 0. The first-order chi connectivity index (χ1) is 10.3. The first-order valence-corrected chi connectivity index (χ1v) is 9.05. The molecule has 1 fully saturated rings. The SMILES string of the molecule is CCc1nc2c(s1)C(NCC(O)COCC1CC1)CCC2. The summed E-state index contributed by atoms with van der Waals surface area (Å²) in [5.74, 6) is 0.760. The fraction of sp³-hybridized carbons (Fsp3) is 0.812. The first-order valence-electron chi connectivity index (χ1n) is 8.24. The minimum absolute atomic E-state index is 0.365. The van der Waals surface area contributed by atoms with Crippen LogP contribution in [-0.4, -0.2) is 36.0 Å². The van der Waals surface area contributed by atoms with Gasteiger partial charge in [0.2, 0.25) is 0 Å². The van der Waals surface area contributed by atoms with Crippen LogP contribution < -0.4 is 5.32 Å². The predicted molar refractivity (Wildman–Crippen MR) is 84.7 cm³/mol. The highest BCUT2D eigenvalue weighted by Crippen LogP contribution is 2.34. The van der Waals surface area contributed by atoms with Crippen LogP contribution in [0, 0.1) is 5.92 Å². The van der Waals surface area contributed by atoms with Crippen molar-refractivity contribution in [2.24, 2.45) is 5.92 Å². The Kier molecular flexibility index (Phi) is 5.27. The van der Waals surface area contributed by atoms with Crippen molar-refractivity contribution in [2.75, 3.05) is 19.8 Å². The molecule has 1 aromatic rings. The molecule has 5 heteroatoms. The highest BCUT2D eigenvalue weighted by molar-refractivity contribution is 7.11. The maximum Gasteiger partial charge on any atom is 0.0928 e. The van der Waals surface area contributed by atoms with Crippen molar-refractivity contribution < 1.29 is 9.84 Å². The largest absolute Gasteiger partial charge is 0.389 e. The number of ether oxygens (including phenoxy) is 1. The van der Waals surface area contributed by atoms with Crippen molar-refractivity contribution in [2.45, 2.75) is 57.6 Å². The third-order valence-electron chi connectivity index (χ3n) is 4.26. The van der Waals surface area contributed by atoms with Crippen molar-refractivity contribution in [1.29, 1.82) is 0 Å². The minimum atomic E-state index is -0.410. The van der Waals surface area contributed by atoms with Gasteiger partial charge in [-0.25, -0.2) is 4.98 Å². The van der Waals surface area contributed by atoms with E-state index >= 15 is 0 Å². The molecule has 1 aromatic heterocycles. The van der Waals surface area contributed by atoms with Gasteiger partial charge in [-0.2, -0.15) is 0 Å². The number of aryl methyl sites for hydroxylation is 2. The summed E-state index contributed by atoms with van der Waals surface area (Å²) in [6.45, 7) is 4.03. The number of aliphatic hydroxyl groups is 1. The lowest BCUT2D eigenvalue weighted by molar-refractivity contribution is 0.0310. The van der Waals surface area contributed by atoms with E-state index in [1.165, 1.54) is 34.8 Å². The lowest BCUT2D eigenvalue weighted by Crippen LogP contribution is -2.34. The van der Waals surface area contributed by atoms with Gasteiger partial charge >= 0.3 is 0 Å². The van der Waals surface area contributed by atoms with Crippen LogP contribution in [0.15, 0.2) is 0 Å². The molecule has 2 aliphatic carbocycles. The number of nitrogens with zero attached hydrogens (tertiary/aromatic N) is 1.